The molecule has 0 atom stereocenters. The van der Waals surface area contributed by atoms with Crippen LogP contribution in [0.3, 0.4) is 0 Å². The first kappa shape index (κ1) is 13.5. The number of benzene rings is 1. The number of aromatic nitrogens is 2. The Bertz CT molecular complexity index is 546. The first-order valence-electron chi connectivity index (χ1n) is 6.04. The van der Waals surface area contributed by atoms with Gasteiger partial charge < -0.3 is 5.32 Å². The Labute approximate surface area is 116 Å². The van der Waals surface area contributed by atoms with Gasteiger partial charge in [-0.05, 0) is 18.4 Å². The highest BCUT2D eigenvalue weighted by Gasteiger charge is 2.07. The lowest BCUT2D eigenvalue weighted by molar-refractivity contribution is 0.112. The minimum absolute atomic E-state index is 0.176. The molecule has 0 aliphatic rings. The molecular formula is C14H14ClN3O. The first-order chi connectivity index (χ1) is 9.31. The summed E-state index contributed by atoms with van der Waals surface area (Å²) in [5.74, 6) is 0.489. The summed E-state index contributed by atoms with van der Waals surface area (Å²) in [5, 5.41) is 3.28. The van der Waals surface area contributed by atoms with Crippen molar-refractivity contribution in [1.29, 1.82) is 0 Å². The van der Waals surface area contributed by atoms with Crippen LogP contribution in [0.5, 0.6) is 0 Å². The molecule has 0 saturated carbocycles. The molecule has 5 heteroatoms. The molecule has 0 aliphatic heterocycles. The fraction of sp³-hybridized carbons (Fsp3) is 0.214. The van der Waals surface area contributed by atoms with Gasteiger partial charge in [0.2, 0.25) is 0 Å². The van der Waals surface area contributed by atoms with E-state index in [2.05, 4.69) is 27.4 Å². The van der Waals surface area contributed by atoms with Gasteiger partial charge in [0, 0.05) is 6.54 Å². The summed E-state index contributed by atoms with van der Waals surface area (Å²) < 4.78 is 0. The van der Waals surface area contributed by atoms with Crippen LogP contribution in [-0.4, -0.2) is 22.8 Å². The Hall–Kier alpha value is -1.94. The van der Waals surface area contributed by atoms with Crippen molar-refractivity contribution >= 4 is 23.7 Å². The molecule has 98 valence electrons. The molecule has 0 amide bonds. The van der Waals surface area contributed by atoms with Crippen LogP contribution in [0.25, 0.3) is 0 Å². The summed E-state index contributed by atoms with van der Waals surface area (Å²) in [6.45, 7) is 0.725. The number of carbonyl (C=O) groups is 1. The highest BCUT2D eigenvalue weighted by Crippen LogP contribution is 2.17. The number of aryl methyl sites for hydroxylation is 1. The van der Waals surface area contributed by atoms with E-state index in [1.165, 1.54) is 11.9 Å². The van der Waals surface area contributed by atoms with Crippen LogP contribution in [-0.2, 0) is 6.42 Å². The Morgan fingerprint density at radius 1 is 1.21 bits per heavy atom. The van der Waals surface area contributed by atoms with Crippen molar-refractivity contribution in [3.05, 3.63) is 52.9 Å². The van der Waals surface area contributed by atoms with E-state index in [1.54, 1.807) is 0 Å². The third-order valence-corrected chi connectivity index (χ3v) is 3.03. The first-order valence-corrected chi connectivity index (χ1v) is 6.42. The number of rotatable bonds is 6. The van der Waals surface area contributed by atoms with Crippen molar-refractivity contribution < 1.29 is 4.79 Å². The van der Waals surface area contributed by atoms with Gasteiger partial charge in [0.1, 0.15) is 17.3 Å². The zero-order chi connectivity index (χ0) is 13.5. The molecule has 0 radical (unpaired) electrons. The molecule has 2 aromatic rings. The van der Waals surface area contributed by atoms with Crippen LogP contribution in [0.1, 0.15) is 22.3 Å². The number of aldehydes is 1. The third kappa shape index (κ3) is 3.76. The van der Waals surface area contributed by atoms with E-state index in [0.717, 1.165) is 19.4 Å². The van der Waals surface area contributed by atoms with Gasteiger partial charge in [-0.25, -0.2) is 9.97 Å². The quantitative estimate of drug-likeness (QED) is 0.500. The number of nitrogens with zero attached hydrogens (tertiary/aromatic N) is 2. The van der Waals surface area contributed by atoms with E-state index in [1.807, 2.05) is 18.2 Å². The number of halogens is 1. The lowest BCUT2D eigenvalue weighted by Gasteiger charge is -2.08. The summed E-state index contributed by atoms with van der Waals surface area (Å²) in [6, 6.07) is 10.2. The molecule has 1 aromatic heterocycles. The molecule has 0 fully saturated rings. The average molecular weight is 276 g/mol. The van der Waals surface area contributed by atoms with Gasteiger partial charge in [-0.3, -0.25) is 4.79 Å². The molecule has 19 heavy (non-hydrogen) atoms. The molecule has 0 bridgehead atoms. The molecule has 1 aromatic carbocycles. The molecule has 1 heterocycles. The molecular weight excluding hydrogens is 262 g/mol. The van der Waals surface area contributed by atoms with Crippen molar-refractivity contribution in [1.82, 2.24) is 9.97 Å². The van der Waals surface area contributed by atoms with Gasteiger partial charge in [0.05, 0.1) is 5.56 Å². The predicted molar refractivity (Wildman–Crippen MR) is 75.7 cm³/mol. The highest BCUT2D eigenvalue weighted by atomic mass is 35.5. The monoisotopic (exact) mass is 275 g/mol. The van der Waals surface area contributed by atoms with Crippen LogP contribution in [0.2, 0.25) is 5.15 Å². The second-order valence-corrected chi connectivity index (χ2v) is 4.42. The maximum atomic E-state index is 10.9. The molecule has 0 saturated heterocycles. The number of anilines is 1. The van der Waals surface area contributed by atoms with Crippen LogP contribution in [0.15, 0.2) is 36.7 Å². The fourth-order valence-corrected chi connectivity index (χ4v) is 1.94. The average Bonchev–Trinajstić information content (AvgIpc) is 2.45. The standard InChI is InChI=1S/C14H14ClN3O/c15-13-12(9-19)14(18-10-17-13)16-8-4-7-11-5-2-1-3-6-11/h1-3,5-6,9-10H,4,7-8H2,(H,16,17,18). The SMILES string of the molecule is O=Cc1c(Cl)ncnc1NCCCc1ccccc1. The maximum Gasteiger partial charge on any atom is 0.156 e. The Morgan fingerprint density at radius 2 is 2.00 bits per heavy atom. The zero-order valence-corrected chi connectivity index (χ0v) is 11.1. The number of nitrogens with one attached hydrogen (secondary N) is 1. The van der Waals surface area contributed by atoms with Crippen molar-refractivity contribution in [3.8, 4) is 0 Å². The van der Waals surface area contributed by atoms with E-state index in [0.29, 0.717) is 17.7 Å². The summed E-state index contributed by atoms with van der Waals surface area (Å²) in [5.41, 5.74) is 1.60. The number of hydrogen-bond donors (Lipinski definition) is 1. The van der Waals surface area contributed by atoms with Crippen molar-refractivity contribution in [2.45, 2.75) is 12.8 Å². The normalized spacial score (nSPS) is 10.2. The van der Waals surface area contributed by atoms with E-state index < -0.39 is 0 Å². The van der Waals surface area contributed by atoms with Gasteiger partial charge in [-0.15, -0.1) is 0 Å². The van der Waals surface area contributed by atoms with E-state index in [-0.39, 0.29) is 5.15 Å². The summed E-state index contributed by atoms with van der Waals surface area (Å²) in [7, 11) is 0. The molecule has 2 rings (SSSR count). The van der Waals surface area contributed by atoms with E-state index in [9.17, 15) is 4.79 Å². The van der Waals surface area contributed by atoms with Crippen LogP contribution in [0, 0.1) is 0 Å². The minimum Gasteiger partial charge on any atom is -0.369 e. The molecule has 0 spiro atoms. The van der Waals surface area contributed by atoms with Gasteiger partial charge in [-0.2, -0.15) is 0 Å². The van der Waals surface area contributed by atoms with Crippen molar-refractivity contribution in [2.24, 2.45) is 0 Å². The Balaban J connectivity index is 1.86. The summed E-state index contributed by atoms with van der Waals surface area (Å²) >= 11 is 5.82. The maximum absolute atomic E-state index is 10.9. The van der Waals surface area contributed by atoms with Crippen molar-refractivity contribution in [2.75, 3.05) is 11.9 Å². The molecule has 0 aliphatic carbocycles. The lowest BCUT2D eigenvalue weighted by Crippen LogP contribution is -2.08. The van der Waals surface area contributed by atoms with Gasteiger partial charge in [-0.1, -0.05) is 41.9 Å². The second kappa shape index (κ2) is 6.85. The Morgan fingerprint density at radius 3 is 2.74 bits per heavy atom. The Kier molecular flexibility index (Phi) is 4.86. The highest BCUT2D eigenvalue weighted by molar-refractivity contribution is 6.32. The molecule has 4 nitrogen and oxygen atoms in total. The fourth-order valence-electron chi connectivity index (χ4n) is 1.76. The van der Waals surface area contributed by atoms with E-state index in [4.69, 9.17) is 11.6 Å². The zero-order valence-electron chi connectivity index (χ0n) is 10.3. The molecule has 0 unspecified atom stereocenters. The topological polar surface area (TPSA) is 54.9 Å². The smallest absolute Gasteiger partial charge is 0.156 e. The van der Waals surface area contributed by atoms with Crippen molar-refractivity contribution in [3.63, 3.8) is 0 Å². The second-order valence-electron chi connectivity index (χ2n) is 4.06. The predicted octanol–water partition coefficient (Wildman–Crippen LogP) is 2.99. The van der Waals surface area contributed by atoms with Crippen LogP contribution in [0.4, 0.5) is 5.82 Å². The minimum atomic E-state index is 0.176. The van der Waals surface area contributed by atoms with Crippen LogP contribution < -0.4 is 5.32 Å². The summed E-state index contributed by atoms with van der Waals surface area (Å²) in [6.07, 6.45) is 3.93. The van der Waals surface area contributed by atoms with Crippen LogP contribution >= 0.6 is 11.6 Å². The number of carbonyl (C=O) groups excluding carboxylic acids is 1. The third-order valence-electron chi connectivity index (χ3n) is 2.73. The van der Waals surface area contributed by atoms with Gasteiger partial charge >= 0.3 is 0 Å². The molecule has 1 N–H and O–H groups in total. The lowest BCUT2D eigenvalue weighted by atomic mass is 10.1. The van der Waals surface area contributed by atoms with Gasteiger partial charge in [0.25, 0.3) is 0 Å². The van der Waals surface area contributed by atoms with Gasteiger partial charge in [0.15, 0.2) is 6.29 Å². The largest absolute Gasteiger partial charge is 0.369 e. The van der Waals surface area contributed by atoms with E-state index >= 15 is 0 Å². The number of hydrogen-bond acceptors (Lipinski definition) is 4. The summed E-state index contributed by atoms with van der Waals surface area (Å²) in [4.78, 5) is 18.7.